The van der Waals surface area contributed by atoms with E-state index in [0.717, 1.165) is 5.56 Å². The summed E-state index contributed by atoms with van der Waals surface area (Å²) in [5.74, 6) is 0.466. The van der Waals surface area contributed by atoms with Crippen molar-refractivity contribution < 1.29 is 12.9 Å². The number of hydrogen-bond donors (Lipinski definition) is 2. The van der Waals surface area contributed by atoms with Crippen LogP contribution in [0, 0.1) is 0 Å². The van der Waals surface area contributed by atoms with Gasteiger partial charge in [0.1, 0.15) is 0 Å². The molecule has 0 bridgehead atoms. The van der Waals surface area contributed by atoms with Crippen molar-refractivity contribution in [2.75, 3.05) is 7.05 Å². The van der Waals surface area contributed by atoms with Crippen LogP contribution in [-0.2, 0) is 16.6 Å². The zero-order valence-electron chi connectivity index (χ0n) is 11.3. The minimum Gasteiger partial charge on any atom is -0.360 e. The Morgan fingerprint density at radius 2 is 2.15 bits per heavy atom. The van der Waals surface area contributed by atoms with Crippen molar-refractivity contribution in [3.8, 4) is 0 Å². The molecule has 7 heteroatoms. The third-order valence-electron chi connectivity index (χ3n) is 3.03. The number of aromatic nitrogens is 1. The molecule has 2 aromatic rings. The van der Waals surface area contributed by atoms with Gasteiger partial charge in [-0.15, -0.1) is 0 Å². The first-order valence-electron chi connectivity index (χ1n) is 6.19. The third-order valence-corrected chi connectivity index (χ3v) is 4.43. The summed E-state index contributed by atoms with van der Waals surface area (Å²) in [6.45, 7) is 2.04. The molecule has 0 radical (unpaired) electrons. The topological polar surface area (TPSA) is 84.2 Å². The minimum absolute atomic E-state index is 0.0775. The van der Waals surface area contributed by atoms with Crippen molar-refractivity contribution in [1.82, 2.24) is 15.2 Å². The van der Waals surface area contributed by atoms with Gasteiger partial charge in [0, 0.05) is 12.1 Å². The molecule has 0 aliphatic heterocycles. The first-order valence-corrected chi connectivity index (χ1v) is 7.67. The van der Waals surface area contributed by atoms with E-state index in [1.165, 1.54) is 6.20 Å². The van der Waals surface area contributed by atoms with Crippen LogP contribution in [0.5, 0.6) is 0 Å². The number of nitrogens with zero attached hydrogens (tertiary/aromatic N) is 1. The van der Waals surface area contributed by atoms with E-state index in [-0.39, 0.29) is 17.5 Å². The molecule has 20 heavy (non-hydrogen) atoms. The van der Waals surface area contributed by atoms with Gasteiger partial charge in [0.2, 0.25) is 10.0 Å². The Bertz CT molecular complexity index is 653. The Morgan fingerprint density at radius 1 is 1.35 bits per heavy atom. The molecule has 108 valence electrons. The summed E-state index contributed by atoms with van der Waals surface area (Å²) in [6, 6.07) is 8.53. The van der Waals surface area contributed by atoms with Gasteiger partial charge in [-0.25, -0.2) is 13.1 Å². The van der Waals surface area contributed by atoms with Gasteiger partial charge in [0.05, 0.1) is 17.6 Å². The van der Waals surface area contributed by atoms with Crippen molar-refractivity contribution in [3.05, 3.63) is 47.9 Å². The van der Waals surface area contributed by atoms with Crippen LogP contribution in [0.15, 0.2) is 45.9 Å². The van der Waals surface area contributed by atoms with Crippen LogP contribution in [0.2, 0.25) is 0 Å². The Labute approximate surface area is 118 Å². The number of sulfonamides is 1. The van der Waals surface area contributed by atoms with Crippen LogP contribution in [0.4, 0.5) is 0 Å². The molecule has 1 aromatic heterocycles. The molecule has 6 nitrogen and oxygen atoms in total. The molecule has 1 unspecified atom stereocenters. The zero-order chi connectivity index (χ0) is 14.6. The van der Waals surface area contributed by atoms with Gasteiger partial charge in [0.15, 0.2) is 5.76 Å². The summed E-state index contributed by atoms with van der Waals surface area (Å²) in [5.41, 5.74) is 0.912. The SMILES string of the molecule is CNC(C)c1cccc(S(=O)(=O)NCc2ccno2)c1. The lowest BCUT2D eigenvalue weighted by Crippen LogP contribution is -2.23. The van der Waals surface area contributed by atoms with Crippen molar-refractivity contribution in [2.45, 2.75) is 24.4 Å². The molecule has 1 heterocycles. The van der Waals surface area contributed by atoms with E-state index in [1.807, 2.05) is 20.0 Å². The molecule has 2 rings (SSSR count). The zero-order valence-corrected chi connectivity index (χ0v) is 12.1. The van der Waals surface area contributed by atoms with Gasteiger partial charge in [0.25, 0.3) is 0 Å². The highest BCUT2D eigenvalue weighted by Crippen LogP contribution is 2.17. The molecule has 0 saturated heterocycles. The van der Waals surface area contributed by atoms with Crippen molar-refractivity contribution in [2.24, 2.45) is 0 Å². The molecule has 0 spiro atoms. The maximum absolute atomic E-state index is 12.2. The number of hydrogen-bond acceptors (Lipinski definition) is 5. The van der Waals surface area contributed by atoms with E-state index < -0.39 is 10.0 Å². The van der Waals surface area contributed by atoms with Crippen LogP contribution in [0.3, 0.4) is 0 Å². The fourth-order valence-corrected chi connectivity index (χ4v) is 2.75. The smallest absolute Gasteiger partial charge is 0.240 e. The summed E-state index contributed by atoms with van der Waals surface area (Å²) >= 11 is 0. The second-order valence-corrected chi connectivity index (χ2v) is 6.15. The number of nitrogens with one attached hydrogen (secondary N) is 2. The number of rotatable bonds is 6. The van der Waals surface area contributed by atoms with Crippen molar-refractivity contribution in [1.29, 1.82) is 0 Å². The maximum Gasteiger partial charge on any atom is 0.240 e. The second kappa shape index (κ2) is 6.17. The summed E-state index contributed by atoms with van der Waals surface area (Å²) in [7, 11) is -1.74. The Balaban J connectivity index is 2.16. The molecule has 2 N–H and O–H groups in total. The third kappa shape index (κ3) is 3.44. The van der Waals surface area contributed by atoms with E-state index in [2.05, 4.69) is 15.2 Å². The van der Waals surface area contributed by atoms with Gasteiger partial charge < -0.3 is 9.84 Å². The summed E-state index contributed by atoms with van der Waals surface area (Å²) < 4.78 is 31.7. The lowest BCUT2D eigenvalue weighted by molar-refractivity contribution is 0.380. The molecule has 0 aliphatic rings. The Kier molecular flexibility index (Phi) is 4.53. The summed E-state index contributed by atoms with van der Waals surface area (Å²) in [4.78, 5) is 0.233. The van der Waals surface area contributed by atoms with E-state index in [4.69, 9.17) is 4.52 Å². The van der Waals surface area contributed by atoms with Crippen molar-refractivity contribution in [3.63, 3.8) is 0 Å². The number of benzene rings is 1. The predicted molar refractivity (Wildman–Crippen MR) is 74.4 cm³/mol. The van der Waals surface area contributed by atoms with E-state index in [0.29, 0.717) is 5.76 Å². The first-order chi connectivity index (χ1) is 9.53. The summed E-state index contributed by atoms with van der Waals surface area (Å²) in [5, 5.41) is 6.60. The van der Waals surface area contributed by atoms with Crippen LogP contribution < -0.4 is 10.0 Å². The quantitative estimate of drug-likeness (QED) is 0.842. The predicted octanol–water partition coefficient (Wildman–Crippen LogP) is 1.43. The molecular weight excluding hydrogens is 278 g/mol. The fourth-order valence-electron chi connectivity index (χ4n) is 1.70. The second-order valence-electron chi connectivity index (χ2n) is 4.39. The molecule has 0 aliphatic carbocycles. The monoisotopic (exact) mass is 295 g/mol. The maximum atomic E-state index is 12.2. The van der Waals surface area contributed by atoms with Gasteiger partial charge in [-0.3, -0.25) is 0 Å². The average Bonchev–Trinajstić information content (AvgIpc) is 2.98. The molecule has 0 saturated carbocycles. The largest absolute Gasteiger partial charge is 0.360 e. The van der Waals surface area contributed by atoms with Gasteiger partial charge in [-0.2, -0.15) is 0 Å². The minimum atomic E-state index is -3.57. The standard InChI is InChI=1S/C13H17N3O3S/c1-10(14-2)11-4-3-5-13(8-11)20(17,18)16-9-12-6-7-15-19-12/h3-8,10,14,16H,9H2,1-2H3. The van der Waals surface area contributed by atoms with Crippen LogP contribution in [0.1, 0.15) is 24.3 Å². The molecule has 1 aromatic carbocycles. The fraction of sp³-hybridized carbons (Fsp3) is 0.308. The van der Waals surface area contributed by atoms with E-state index in [1.54, 1.807) is 24.3 Å². The highest BCUT2D eigenvalue weighted by Gasteiger charge is 2.16. The van der Waals surface area contributed by atoms with Gasteiger partial charge in [-0.1, -0.05) is 17.3 Å². The lowest BCUT2D eigenvalue weighted by atomic mass is 10.1. The van der Waals surface area contributed by atoms with Crippen LogP contribution in [-0.4, -0.2) is 20.6 Å². The molecule has 0 fully saturated rings. The molecule has 1 atom stereocenters. The molecular formula is C13H17N3O3S. The average molecular weight is 295 g/mol. The summed E-state index contributed by atoms with van der Waals surface area (Å²) in [6.07, 6.45) is 1.47. The Hall–Kier alpha value is -1.70. The molecule has 0 amide bonds. The normalized spacial score (nSPS) is 13.3. The van der Waals surface area contributed by atoms with E-state index >= 15 is 0 Å². The van der Waals surface area contributed by atoms with Crippen LogP contribution in [0.25, 0.3) is 0 Å². The van der Waals surface area contributed by atoms with Crippen LogP contribution >= 0.6 is 0 Å². The van der Waals surface area contributed by atoms with Gasteiger partial charge >= 0.3 is 0 Å². The van der Waals surface area contributed by atoms with Gasteiger partial charge in [-0.05, 0) is 31.7 Å². The Morgan fingerprint density at radius 3 is 2.80 bits per heavy atom. The first kappa shape index (κ1) is 14.7. The van der Waals surface area contributed by atoms with Crippen molar-refractivity contribution >= 4 is 10.0 Å². The highest BCUT2D eigenvalue weighted by molar-refractivity contribution is 7.89. The van der Waals surface area contributed by atoms with E-state index in [9.17, 15) is 8.42 Å². The highest BCUT2D eigenvalue weighted by atomic mass is 32.2. The lowest BCUT2D eigenvalue weighted by Gasteiger charge is -2.12.